The van der Waals surface area contributed by atoms with Crippen LogP contribution in [-0.2, 0) is 20.1 Å². The highest BCUT2D eigenvalue weighted by Crippen LogP contribution is 2.27. The van der Waals surface area contributed by atoms with Crippen molar-refractivity contribution in [3.8, 4) is 11.5 Å². The van der Waals surface area contributed by atoms with Gasteiger partial charge in [-0.3, -0.25) is 4.68 Å². The molecular formula is C17H25N3O2. The number of hydrogen-bond acceptors (Lipinski definition) is 4. The Balaban J connectivity index is 1.99. The first-order valence-corrected chi connectivity index (χ1v) is 7.49. The molecule has 2 aromatic rings. The maximum atomic E-state index is 5.33. The summed E-state index contributed by atoms with van der Waals surface area (Å²) in [5, 5.41) is 7.99. The third-order valence-electron chi connectivity index (χ3n) is 3.58. The SMILES string of the molecule is COc1ccc(CNCc2cn(C)nc2C(C)C)cc1OC. The molecule has 1 N–H and O–H groups in total. The Morgan fingerprint density at radius 3 is 2.50 bits per heavy atom. The third kappa shape index (κ3) is 3.80. The van der Waals surface area contributed by atoms with Crippen LogP contribution in [0.3, 0.4) is 0 Å². The number of hydrogen-bond donors (Lipinski definition) is 1. The van der Waals surface area contributed by atoms with Gasteiger partial charge in [0.1, 0.15) is 0 Å². The number of aryl methyl sites for hydroxylation is 1. The lowest BCUT2D eigenvalue weighted by Crippen LogP contribution is -2.13. The summed E-state index contributed by atoms with van der Waals surface area (Å²) in [5.74, 6) is 1.94. The molecule has 120 valence electrons. The van der Waals surface area contributed by atoms with Crippen molar-refractivity contribution in [2.45, 2.75) is 32.9 Å². The van der Waals surface area contributed by atoms with E-state index in [-0.39, 0.29) is 0 Å². The number of ether oxygens (including phenoxy) is 2. The zero-order valence-corrected chi connectivity index (χ0v) is 14.0. The fraction of sp³-hybridized carbons (Fsp3) is 0.471. The predicted octanol–water partition coefficient (Wildman–Crippen LogP) is 2.85. The first-order valence-electron chi connectivity index (χ1n) is 7.49. The lowest BCUT2D eigenvalue weighted by atomic mass is 10.1. The van der Waals surface area contributed by atoms with Crippen LogP contribution in [0, 0.1) is 0 Å². The molecule has 1 aromatic carbocycles. The molecule has 1 aromatic heterocycles. The molecule has 0 radical (unpaired) electrons. The predicted molar refractivity (Wildman–Crippen MR) is 87.4 cm³/mol. The minimum absolute atomic E-state index is 0.430. The van der Waals surface area contributed by atoms with Gasteiger partial charge in [-0.25, -0.2) is 0 Å². The van der Waals surface area contributed by atoms with E-state index >= 15 is 0 Å². The Morgan fingerprint density at radius 1 is 1.14 bits per heavy atom. The molecule has 0 bridgehead atoms. The Bertz CT molecular complexity index is 620. The Kier molecular flexibility index (Phi) is 5.44. The Morgan fingerprint density at radius 2 is 1.86 bits per heavy atom. The van der Waals surface area contributed by atoms with Crippen molar-refractivity contribution < 1.29 is 9.47 Å². The van der Waals surface area contributed by atoms with Gasteiger partial charge in [0, 0.05) is 31.9 Å². The number of nitrogens with zero attached hydrogens (tertiary/aromatic N) is 2. The standard InChI is InChI=1S/C17H25N3O2/c1-12(2)17-14(11-20(3)19-17)10-18-9-13-6-7-15(21-4)16(8-13)22-5/h6-8,11-12,18H,9-10H2,1-5H3. The average Bonchev–Trinajstić information content (AvgIpc) is 2.88. The molecule has 0 unspecified atom stereocenters. The summed E-state index contributed by atoms with van der Waals surface area (Å²) in [7, 11) is 5.26. The molecule has 1 heterocycles. The number of aromatic nitrogens is 2. The first kappa shape index (κ1) is 16.4. The molecule has 22 heavy (non-hydrogen) atoms. The highest BCUT2D eigenvalue weighted by Gasteiger charge is 2.11. The summed E-state index contributed by atoms with van der Waals surface area (Å²) >= 11 is 0. The molecule has 0 aliphatic carbocycles. The van der Waals surface area contributed by atoms with Crippen molar-refractivity contribution in [3.63, 3.8) is 0 Å². The highest BCUT2D eigenvalue weighted by atomic mass is 16.5. The van der Waals surface area contributed by atoms with Crippen LogP contribution in [-0.4, -0.2) is 24.0 Å². The number of methoxy groups -OCH3 is 2. The molecule has 5 heteroatoms. The minimum Gasteiger partial charge on any atom is -0.493 e. The monoisotopic (exact) mass is 303 g/mol. The van der Waals surface area contributed by atoms with E-state index in [1.807, 2.05) is 29.9 Å². The molecule has 0 saturated carbocycles. The van der Waals surface area contributed by atoms with E-state index < -0.39 is 0 Å². The molecule has 2 rings (SSSR count). The van der Waals surface area contributed by atoms with Crippen LogP contribution >= 0.6 is 0 Å². The quantitative estimate of drug-likeness (QED) is 0.854. The summed E-state index contributed by atoms with van der Waals surface area (Å²) in [5.41, 5.74) is 3.56. The molecule has 5 nitrogen and oxygen atoms in total. The van der Waals surface area contributed by atoms with Crippen LogP contribution in [0.2, 0.25) is 0 Å². The summed E-state index contributed by atoms with van der Waals surface area (Å²) in [6.45, 7) is 5.91. The van der Waals surface area contributed by atoms with Crippen LogP contribution in [0.5, 0.6) is 11.5 Å². The zero-order valence-electron chi connectivity index (χ0n) is 14.0. The Labute approximate surface area is 132 Å². The normalized spacial score (nSPS) is 11.0. The van der Waals surface area contributed by atoms with Gasteiger partial charge in [0.15, 0.2) is 11.5 Å². The van der Waals surface area contributed by atoms with E-state index in [4.69, 9.17) is 9.47 Å². The van der Waals surface area contributed by atoms with Crippen molar-refractivity contribution in [2.75, 3.05) is 14.2 Å². The van der Waals surface area contributed by atoms with Gasteiger partial charge >= 0.3 is 0 Å². The lowest BCUT2D eigenvalue weighted by molar-refractivity contribution is 0.354. The second kappa shape index (κ2) is 7.31. The van der Waals surface area contributed by atoms with Crippen LogP contribution < -0.4 is 14.8 Å². The Hall–Kier alpha value is -2.01. The van der Waals surface area contributed by atoms with Gasteiger partial charge in [0.05, 0.1) is 19.9 Å². The molecule has 0 atom stereocenters. The van der Waals surface area contributed by atoms with Crippen LogP contribution in [0.15, 0.2) is 24.4 Å². The molecule has 0 spiro atoms. The van der Waals surface area contributed by atoms with Gasteiger partial charge in [-0.2, -0.15) is 5.10 Å². The van der Waals surface area contributed by atoms with Gasteiger partial charge in [0.25, 0.3) is 0 Å². The topological polar surface area (TPSA) is 48.3 Å². The summed E-state index contributed by atoms with van der Waals surface area (Å²) in [4.78, 5) is 0. The molecule has 0 aliphatic rings. The van der Waals surface area contributed by atoms with Gasteiger partial charge in [-0.1, -0.05) is 19.9 Å². The maximum Gasteiger partial charge on any atom is 0.161 e. The number of nitrogens with one attached hydrogen (secondary N) is 1. The third-order valence-corrected chi connectivity index (χ3v) is 3.58. The van der Waals surface area contributed by atoms with E-state index in [1.54, 1.807) is 14.2 Å². The smallest absolute Gasteiger partial charge is 0.161 e. The van der Waals surface area contributed by atoms with Gasteiger partial charge in [-0.15, -0.1) is 0 Å². The van der Waals surface area contributed by atoms with E-state index in [0.717, 1.165) is 35.8 Å². The van der Waals surface area contributed by atoms with Crippen molar-refractivity contribution in [1.82, 2.24) is 15.1 Å². The lowest BCUT2D eigenvalue weighted by Gasteiger charge is -2.11. The van der Waals surface area contributed by atoms with Crippen molar-refractivity contribution in [2.24, 2.45) is 7.05 Å². The molecule has 0 aliphatic heterocycles. The van der Waals surface area contributed by atoms with E-state index in [0.29, 0.717) is 5.92 Å². The number of rotatable bonds is 7. The van der Waals surface area contributed by atoms with Gasteiger partial charge in [0.2, 0.25) is 0 Å². The molecule has 0 saturated heterocycles. The summed E-state index contributed by atoms with van der Waals surface area (Å²) in [6, 6.07) is 5.97. The summed E-state index contributed by atoms with van der Waals surface area (Å²) < 4.78 is 12.5. The molecule has 0 fully saturated rings. The van der Waals surface area contributed by atoms with E-state index in [9.17, 15) is 0 Å². The second-order valence-electron chi connectivity index (χ2n) is 5.66. The van der Waals surface area contributed by atoms with Crippen molar-refractivity contribution in [1.29, 1.82) is 0 Å². The fourth-order valence-electron chi connectivity index (χ4n) is 2.51. The average molecular weight is 303 g/mol. The van der Waals surface area contributed by atoms with E-state index in [1.165, 1.54) is 5.56 Å². The van der Waals surface area contributed by atoms with Crippen molar-refractivity contribution in [3.05, 3.63) is 41.2 Å². The summed E-state index contributed by atoms with van der Waals surface area (Å²) in [6.07, 6.45) is 2.08. The molecule has 0 amide bonds. The van der Waals surface area contributed by atoms with Gasteiger partial charge in [-0.05, 0) is 23.6 Å². The first-order chi connectivity index (χ1) is 10.5. The van der Waals surface area contributed by atoms with Crippen LogP contribution in [0.4, 0.5) is 0 Å². The van der Waals surface area contributed by atoms with Crippen molar-refractivity contribution >= 4 is 0 Å². The largest absolute Gasteiger partial charge is 0.493 e. The fourth-order valence-corrected chi connectivity index (χ4v) is 2.51. The minimum atomic E-state index is 0.430. The second-order valence-corrected chi connectivity index (χ2v) is 5.66. The number of benzene rings is 1. The zero-order chi connectivity index (χ0) is 16.1. The maximum absolute atomic E-state index is 5.33. The van der Waals surface area contributed by atoms with Crippen LogP contribution in [0.25, 0.3) is 0 Å². The van der Waals surface area contributed by atoms with E-state index in [2.05, 4.69) is 30.5 Å². The highest BCUT2D eigenvalue weighted by molar-refractivity contribution is 5.42. The van der Waals surface area contributed by atoms with Gasteiger partial charge < -0.3 is 14.8 Å². The molecular weight excluding hydrogens is 278 g/mol. The van der Waals surface area contributed by atoms with Crippen LogP contribution in [0.1, 0.15) is 36.6 Å².